The van der Waals surface area contributed by atoms with Gasteiger partial charge >= 0.3 is 12.1 Å². The topological polar surface area (TPSA) is 39.2 Å². The number of carbonyl (C=O) groups is 1. The number of nitrogens with zero attached hydrogens (tertiary/aromatic N) is 1. The zero-order valence-electron chi connectivity index (χ0n) is 26.3. The van der Waals surface area contributed by atoms with Gasteiger partial charge in [-0.15, -0.1) is 12.8 Å². The molecule has 1 aromatic carbocycles. The largest absolute Gasteiger partial charge is 0.459 e. The Hall–Kier alpha value is -3.07. The van der Waals surface area contributed by atoms with Crippen LogP contribution in [0, 0.1) is 26.7 Å². The molecule has 0 N–H and O–H groups in total. The molecule has 2 heterocycles. The molecular formula is C34H50F3NO2. The van der Waals surface area contributed by atoms with Gasteiger partial charge in [-0.2, -0.15) is 13.2 Å². The van der Waals surface area contributed by atoms with Crippen molar-refractivity contribution in [2.24, 2.45) is 0 Å². The smallest absolute Gasteiger partial charge is 0.418 e. The van der Waals surface area contributed by atoms with Crippen LogP contribution in [0.25, 0.3) is 16.7 Å². The quantitative estimate of drug-likeness (QED) is 0.260. The summed E-state index contributed by atoms with van der Waals surface area (Å²) in [5.74, 6) is -0.00287. The van der Waals surface area contributed by atoms with Gasteiger partial charge in [0.05, 0.1) is 5.56 Å². The molecule has 40 heavy (non-hydrogen) atoms. The van der Waals surface area contributed by atoms with Crippen LogP contribution in [0.15, 0.2) is 36.5 Å². The van der Waals surface area contributed by atoms with Gasteiger partial charge in [0.25, 0.3) is 0 Å². The first kappa shape index (κ1) is 39.1. The van der Waals surface area contributed by atoms with Crippen molar-refractivity contribution in [2.45, 2.75) is 120 Å². The van der Waals surface area contributed by atoms with Gasteiger partial charge in [0, 0.05) is 23.9 Å². The highest BCUT2D eigenvalue weighted by molar-refractivity contribution is 5.72. The molecule has 1 aromatic heterocycles. The lowest BCUT2D eigenvalue weighted by atomic mass is 9.90. The fraction of sp³-hybridized carbons (Fsp3) is 0.529. The molecule has 1 saturated heterocycles. The molecule has 0 radical (unpaired) electrons. The van der Waals surface area contributed by atoms with E-state index in [9.17, 15) is 18.0 Å². The number of esters is 1. The third-order valence-corrected chi connectivity index (χ3v) is 6.42. The maximum absolute atomic E-state index is 13.2. The second-order valence-electron chi connectivity index (χ2n) is 8.96. The standard InChI is InChI=1S/C18H18F3N.C10H18O2.2C2H6.C2H2/c1-5-11(2)14-6-8-15(9-7-14)16-10-22-13(4)17(12(16)3)18(19,20)21;1-3-6-10(7-4-2)8-5-9(11)12-10;3*1-2/h5-10H,1-4H3;3-8H2,1-2H3;2*1-2H3;1-2H/b11-5+;;;;. The number of allylic oxidation sites excluding steroid dienone is 2. The molecule has 0 amide bonds. The SMILES string of the molecule is C#C.C/C=C(\C)c1ccc(-c2cnc(C)c(C(F)(F)F)c2C)cc1.CC.CC.CCCC1(CCC)CCC(=O)O1. The van der Waals surface area contributed by atoms with Crippen LogP contribution < -0.4 is 0 Å². The van der Waals surface area contributed by atoms with Crippen molar-refractivity contribution >= 4 is 11.5 Å². The summed E-state index contributed by atoms with van der Waals surface area (Å²) in [6, 6.07) is 7.50. The summed E-state index contributed by atoms with van der Waals surface area (Å²) in [7, 11) is 0. The van der Waals surface area contributed by atoms with Crippen LogP contribution in [0.4, 0.5) is 13.2 Å². The molecule has 0 aliphatic carbocycles. The van der Waals surface area contributed by atoms with Gasteiger partial charge in [0.2, 0.25) is 0 Å². The fourth-order valence-electron chi connectivity index (χ4n) is 4.58. The molecule has 1 aliphatic heterocycles. The Labute approximate surface area is 241 Å². The Morgan fingerprint density at radius 2 is 1.52 bits per heavy atom. The summed E-state index contributed by atoms with van der Waals surface area (Å²) in [5.41, 5.74) is 2.94. The number of ether oxygens (including phenoxy) is 1. The molecule has 1 aliphatic rings. The van der Waals surface area contributed by atoms with E-state index in [0.29, 0.717) is 12.0 Å². The van der Waals surface area contributed by atoms with Crippen molar-refractivity contribution in [3.05, 3.63) is 58.9 Å². The number of pyridine rings is 1. The summed E-state index contributed by atoms with van der Waals surface area (Å²) in [4.78, 5) is 14.9. The Morgan fingerprint density at radius 3 is 1.90 bits per heavy atom. The number of cyclic esters (lactones) is 1. The van der Waals surface area contributed by atoms with E-state index in [2.05, 4.69) is 31.7 Å². The first-order valence-electron chi connectivity index (χ1n) is 14.3. The van der Waals surface area contributed by atoms with E-state index in [1.54, 1.807) is 0 Å². The van der Waals surface area contributed by atoms with Crippen LogP contribution in [-0.4, -0.2) is 16.6 Å². The average Bonchev–Trinajstić information content (AvgIpc) is 3.31. The van der Waals surface area contributed by atoms with Crippen molar-refractivity contribution < 1.29 is 22.7 Å². The predicted octanol–water partition coefficient (Wildman–Crippen LogP) is 10.8. The lowest BCUT2D eigenvalue weighted by Gasteiger charge is -2.26. The molecule has 0 bridgehead atoms. The van der Waals surface area contributed by atoms with Crippen LogP contribution in [0.2, 0.25) is 0 Å². The van der Waals surface area contributed by atoms with E-state index in [1.807, 2.05) is 71.9 Å². The highest BCUT2D eigenvalue weighted by atomic mass is 19.4. The van der Waals surface area contributed by atoms with Gasteiger partial charge in [-0.05, 0) is 69.2 Å². The van der Waals surface area contributed by atoms with E-state index in [0.717, 1.165) is 48.8 Å². The molecule has 3 rings (SSSR count). The van der Waals surface area contributed by atoms with E-state index in [-0.39, 0.29) is 22.8 Å². The molecule has 1 fully saturated rings. The minimum atomic E-state index is -4.39. The highest BCUT2D eigenvalue weighted by Crippen LogP contribution is 2.38. The summed E-state index contributed by atoms with van der Waals surface area (Å²) in [6.45, 7) is 19.1. The molecule has 6 heteroatoms. The minimum Gasteiger partial charge on any atom is -0.459 e. The Bertz CT molecular complexity index is 1050. The van der Waals surface area contributed by atoms with Gasteiger partial charge in [-0.25, -0.2) is 0 Å². The number of aryl methyl sites for hydroxylation is 1. The van der Waals surface area contributed by atoms with Crippen LogP contribution in [0.3, 0.4) is 0 Å². The molecule has 0 unspecified atom stereocenters. The van der Waals surface area contributed by atoms with E-state index in [4.69, 9.17) is 4.74 Å². The predicted molar refractivity (Wildman–Crippen MR) is 164 cm³/mol. The number of terminal acetylenes is 1. The molecule has 0 saturated carbocycles. The molecule has 3 nitrogen and oxygen atoms in total. The Kier molecular flexibility index (Phi) is 19.4. The van der Waals surface area contributed by atoms with Gasteiger partial charge in [-0.1, -0.05) is 84.7 Å². The van der Waals surface area contributed by atoms with Crippen LogP contribution in [0.1, 0.15) is 116 Å². The zero-order valence-corrected chi connectivity index (χ0v) is 26.3. The number of benzene rings is 1. The number of alkyl halides is 3. The third kappa shape index (κ3) is 11.6. The second-order valence-corrected chi connectivity index (χ2v) is 8.96. The number of hydrogen-bond donors (Lipinski definition) is 0. The number of rotatable bonds is 6. The van der Waals surface area contributed by atoms with Gasteiger partial charge in [0.1, 0.15) is 5.60 Å². The zero-order chi connectivity index (χ0) is 31.5. The molecule has 224 valence electrons. The van der Waals surface area contributed by atoms with Crippen LogP contribution >= 0.6 is 0 Å². The van der Waals surface area contributed by atoms with Crippen molar-refractivity contribution in [3.63, 3.8) is 0 Å². The average molecular weight is 562 g/mol. The van der Waals surface area contributed by atoms with E-state index >= 15 is 0 Å². The molecular weight excluding hydrogens is 511 g/mol. The lowest BCUT2D eigenvalue weighted by molar-refractivity contribution is -0.149. The number of hydrogen-bond acceptors (Lipinski definition) is 3. The van der Waals surface area contributed by atoms with Crippen LogP contribution in [0.5, 0.6) is 0 Å². The number of carbonyl (C=O) groups excluding carboxylic acids is 1. The highest BCUT2D eigenvalue weighted by Gasteiger charge is 2.38. The van der Waals surface area contributed by atoms with Crippen LogP contribution in [-0.2, 0) is 15.7 Å². The molecule has 0 atom stereocenters. The van der Waals surface area contributed by atoms with Crippen molar-refractivity contribution in [1.29, 1.82) is 0 Å². The van der Waals surface area contributed by atoms with Crippen molar-refractivity contribution in [2.75, 3.05) is 0 Å². The Morgan fingerprint density at radius 1 is 1.02 bits per heavy atom. The summed E-state index contributed by atoms with van der Waals surface area (Å²) < 4.78 is 44.9. The minimum absolute atomic E-state index is 0.00287. The van der Waals surface area contributed by atoms with Crippen molar-refractivity contribution in [3.8, 4) is 24.0 Å². The maximum atomic E-state index is 13.2. The lowest BCUT2D eigenvalue weighted by Crippen LogP contribution is -2.27. The molecule has 0 spiro atoms. The fourth-order valence-corrected chi connectivity index (χ4v) is 4.58. The normalized spacial score (nSPS) is 13.6. The van der Waals surface area contributed by atoms with Gasteiger partial charge in [0.15, 0.2) is 0 Å². The summed E-state index contributed by atoms with van der Waals surface area (Å²) in [5, 5.41) is 0. The summed E-state index contributed by atoms with van der Waals surface area (Å²) >= 11 is 0. The number of aromatic nitrogens is 1. The first-order chi connectivity index (χ1) is 19.0. The maximum Gasteiger partial charge on any atom is 0.418 e. The van der Waals surface area contributed by atoms with Crippen molar-refractivity contribution in [1.82, 2.24) is 4.98 Å². The van der Waals surface area contributed by atoms with E-state index in [1.165, 1.54) is 20.0 Å². The molecule has 2 aromatic rings. The monoisotopic (exact) mass is 561 g/mol. The first-order valence-corrected chi connectivity index (χ1v) is 14.3. The Balaban J connectivity index is 0. The van der Waals surface area contributed by atoms with Gasteiger partial charge in [-0.3, -0.25) is 9.78 Å². The van der Waals surface area contributed by atoms with E-state index < -0.39 is 11.7 Å². The second kappa shape index (κ2) is 19.9. The summed E-state index contributed by atoms with van der Waals surface area (Å²) in [6.07, 6.45) is 13.0. The van der Waals surface area contributed by atoms with Gasteiger partial charge < -0.3 is 4.74 Å². The third-order valence-electron chi connectivity index (χ3n) is 6.42. The number of halogens is 3.